The SMILES string of the molecule is CCOC(=O)c1ccccc1NC(=O)C(C)Cl. The first kappa shape index (κ1) is 13.5. The Bertz CT molecular complexity index is 418. The molecule has 0 radical (unpaired) electrons. The summed E-state index contributed by atoms with van der Waals surface area (Å²) in [5.74, 6) is -0.825. The van der Waals surface area contributed by atoms with Gasteiger partial charge in [-0.3, -0.25) is 4.79 Å². The first-order valence-corrected chi connectivity index (χ1v) is 5.71. The van der Waals surface area contributed by atoms with Crippen molar-refractivity contribution in [3.05, 3.63) is 29.8 Å². The Hall–Kier alpha value is -1.55. The molecule has 1 atom stereocenters. The Morgan fingerprint density at radius 2 is 2.06 bits per heavy atom. The maximum Gasteiger partial charge on any atom is 0.340 e. The maximum absolute atomic E-state index is 11.6. The van der Waals surface area contributed by atoms with Crippen LogP contribution >= 0.6 is 11.6 Å². The summed E-state index contributed by atoms with van der Waals surface area (Å²) in [6, 6.07) is 6.64. The van der Waals surface area contributed by atoms with Gasteiger partial charge in [0.1, 0.15) is 5.38 Å². The lowest BCUT2D eigenvalue weighted by atomic mass is 10.1. The van der Waals surface area contributed by atoms with Gasteiger partial charge in [-0.2, -0.15) is 0 Å². The molecule has 0 aliphatic rings. The molecular formula is C12H14ClNO3. The van der Waals surface area contributed by atoms with Crippen LogP contribution in [0.5, 0.6) is 0 Å². The van der Waals surface area contributed by atoms with Crippen molar-refractivity contribution in [1.29, 1.82) is 0 Å². The second kappa shape index (κ2) is 6.25. The molecule has 5 heteroatoms. The Labute approximate surface area is 105 Å². The van der Waals surface area contributed by atoms with E-state index in [2.05, 4.69) is 5.32 Å². The number of esters is 1. The van der Waals surface area contributed by atoms with Gasteiger partial charge in [-0.15, -0.1) is 11.6 Å². The molecule has 92 valence electrons. The van der Waals surface area contributed by atoms with E-state index in [1.165, 1.54) is 0 Å². The fourth-order valence-electron chi connectivity index (χ4n) is 1.21. The third kappa shape index (κ3) is 3.75. The van der Waals surface area contributed by atoms with Crippen molar-refractivity contribution in [3.63, 3.8) is 0 Å². The Balaban J connectivity index is 2.92. The zero-order valence-corrected chi connectivity index (χ0v) is 10.5. The van der Waals surface area contributed by atoms with Crippen LogP contribution in [0.1, 0.15) is 24.2 Å². The number of ether oxygens (including phenoxy) is 1. The minimum atomic E-state index is -0.662. The average molecular weight is 256 g/mol. The maximum atomic E-state index is 11.6. The van der Waals surface area contributed by atoms with E-state index in [4.69, 9.17) is 16.3 Å². The number of halogens is 1. The number of amides is 1. The van der Waals surface area contributed by atoms with Crippen molar-refractivity contribution in [1.82, 2.24) is 0 Å². The van der Waals surface area contributed by atoms with Gasteiger partial charge in [0.05, 0.1) is 17.9 Å². The van der Waals surface area contributed by atoms with Gasteiger partial charge in [0.15, 0.2) is 0 Å². The van der Waals surface area contributed by atoms with Crippen LogP contribution in [-0.4, -0.2) is 23.9 Å². The van der Waals surface area contributed by atoms with Gasteiger partial charge in [0, 0.05) is 0 Å². The molecule has 0 aliphatic heterocycles. The predicted octanol–water partition coefficient (Wildman–Crippen LogP) is 2.43. The lowest BCUT2D eigenvalue weighted by Gasteiger charge is -2.10. The van der Waals surface area contributed by atoms with Crippen molar-refractivity contribution < 1.29 is 14.3 Å². The van der Waals surface area contributed by atoms with Crippen molar-refractivity contribution in [2.45, 2.75) is 19.2 Å². The Morgan fingerprint density at radius 1 is 1.41 bits per heavy atom. The number of nitrogens with one attached hydrogen (secondary N) is 1. The normalized spacial score (nSPS) is 11.7. The summed E-state index contributed by atoms with van der Waals surface area (Å²) in [6.07, 6.45) is 0. The van der Waals surface area contributed by atoms with Crippen molar-refractivity contribution in [2.24, 2.45) is 0 Å². The highest BCUT2D eigenvalue weighted by Gasteiger charge is 2.15. The molecule has 0 fully saturated rings. The van der Waals surface area contributed by atoms with Crippen LogP contribution in [0, 0.1) is 0 Å². The fraction of sp³-hybridized carbons (Fsp3) is 0.333. The molecule has 1 N–H and O–H groups in total. The number of benzene rings is 1. The summed E-state index contributed by atoms with van der Waals surface area (Å²) < 4.78 is 4.89. The standard InChI is InChI=1S/C12H14ClNO3/c1-3-17-12(16)9-6-4-5-7-10(9)14-11(15)8(2)13/h4-8H,3H2,1-2H3,(H,14,15). The molecular weight excluding hydrogens is 242 g/mol. The molecule has 1 amide bonds. The molecule has 0 aromatic heterocycles. The summed E-state index contributed by atoms with van der Waals surface area (Å²) in [6.45, 7) is 3.57. The number of hydrogen-bond acceptors (Lipinski definition) is 3. The topological polar surface area (TPSA) is 55.4 Å². The van der Waals surface area contributed by atoms with E-state index in [0.717, 1.165) is 0 Å². The van der Waals surface area contributed by atoms with Gasteiger partial charge >= 0.3 is 5.97 Å². The van der Waals surface area contributed by atoms with Crippen LogP contribution in [-0.2, 0) is 9.53 Å². The molecule has 0 saturated heterocycles. The lowest BCUT2D eigenvalue weighted by Crippen LogP contribution is -2.22. The molecule has 1 unspecified atom stereocenters. The number of para-hydroxylation sites is 1. The Kier molecular flexibility index (Phi) is 4.97. The third-order valence-electron chi connectivity index (χ3n) is 2.04. The number of rotatable bonds is 4. The first-order chi connectivity index (χ1) is 8.06. The molecule has 0 saturated carbocycles. The molecule has 1 aromatic rings. The minimum Gasteiger partial charge on any atom is -0.462 e. The van der Waals surface area contributed by atoms with E-state index < -0.39 is 11.3 Å². The van der Waals surface area contributed by atoms with Gasteiger partial charge in [0.2, 0.25) is 5.91 Å². The summed E-state index contributed by atoms with van der Waals surface area (Å²) in [5.41, 5.74) is 0.725. The molecule has 0 heterocycles. The monoisotopic (exact) mass is 255 g/mol. The van der Waals surface area contributed by atoms with Gasteiger partial charge in [-0.1, -0.05) is 12.1 Å². The molecule has 1 aromatic carbocycles. The average Bonchev–Trinajstić information content (AvgIpc) is 2.29. The van der Waals surface area contributed by atoms with E-state index in [9.17, 15) is 9.59 Å². The van der Waals surface area contributed by atoms with Crippen molar-refractivity contribution >= 4 is 29.2 Å². The number of alkyl halides is 1. The van der Waals surface area contributed by atoms with Crippen LogP contribution in [0.15, 0.2) is 24.3 Å². The molecule has 0 bridgehead atoms. The smallest absolute Gasteiger partial charge is 0.340 e. The first-order valence-electron chi connectivity index (χ1n) is 5.27. The highest BCUT2D eigenvalue weighted by Crippen LogP contribution is 2.17. The minimum absolute atomic E-state index is 0.285. The van der Waals surface area contributed by atoms with Crippen LogP contribution in [0.2, 0.25) is 0 Å². The van der Waals surface area contributed by atoms with Crippen molar-refractivity contribution in [2.75, 3.05) is 11.9 Å². The Morgan fingerprint density at radius 3 is 2.65 bits per heavy atom. The molecule has 0 aliphatic carbocycles. The molecule has 4 nitrogen and oxygen atoms in total. The number of hydrogen-bond donors (Lipinski definition) is 1. The van der Waals surface area contributed by atoms with Crippen LogP contribution < -0.4 is 5.32 Å². The largest absolute Gasteiger partial charge is 0.462 e. The van der Waals surface area contributed by atoms with E-state index in [1.807, 2.05) is 0 Å². The summed E-state index contributed by atoms with van der Waals surface area (Å²) >= 11 is 5.64. The predicted molar refractivity (Wildman–Crippen MR) is 66.3 cm³/mol. The second-order valence-corrected chi connectivity index (χ2v) is 4.03. The molecule has 0 spiro atoms. The summed E-state index contributed by atoms with van der Waals surface area (Å²) in [7, 11) is 0. The second-order valence-electron chi connectivity index (χ2n) is 3.37. The van der Waals surface area contributed by atoms with E-state index in [-0.39, 0.29) is 12.5 Å². The number of carbonyl (C=O) groups is 2. The molecule has 1 rings (SSSR count). The third-order valence-corrected chi connectivity index (χ3v) is 2.24. The van der Waals surface area contributed by atoms with Crippen LogP contribution in [0.25, 0.3) is 0 Å². The van der Waals surface area contributed by atoms with Crippen molar-refractivity contribution in [3.8, 4) is 0 Å². The quantitative estimate of drug-likeness (QED) is 0.664. The summed E-state index contributed by atoms with van der Waals surface area (Å²) in [4.78, 5) is 23.1. The lowest BCUT2D eigenvalue weighted by molar-refractivity contribution is -0.115. The van der Waals surface area contributed by atoms with E-state index in [0.29, 0.717) is 11.3 Å². The fourth-order valence-corrected chi connectivity index (χ4v) is 1.27. The van der Waals surface area contributed by atoms with Gasteiger partial charge in [0.25, 0.3) is 0 Å². The highest BCUT2D eigenvalue weighted by molar-refractivity contribution is 6.32. The highest BCUT2D eigenvalue weighted by atomic mass is 35.5. The zero-order chi connectivity index (χ0) is 12.8. The summed E-state index contributed by atoms with van der Waals surface area (Å²) in [5, 5.41) is 1.92. The number of carbonyl (C=O) groups excluding carboxylic acids is 2. The van der Waals surface area contributed by atoms with Gasteiger partial charge in [-0.25, -0.2) is 4.79 Å². The van der Waals surface area contributed by atoms with Gasteiger partial charge in [-0.05, 0) is 26.0 Å². The zero-order valence-electron chi connectivity index (χ0n) is 9.70. The van der Waals surface area contributed by atoms with E-state index in [1.54, 1.807) is 38.1 Å². The van der Waals surface area contributed by atoms with Crippen LogP contribution in [0.3, 0.4) is 0 Å². The number of anilines is 1. The molecule has 17 heavy (non-hydrogen) atoms. The van der Waals surface area contributed by atoms with Gasteiger partial charge < -0.3 is 10.1 Å². The van der Waals surface area contributed by atoms with E-state index >= 15 is 0 Å². The van der Waals surface area contributed by atoms with Crippen LogP contribution in [0.4, 0.5) is 5.69 Å².